The fraction of sp³-hybridized carbons (Fsp3) is 0.385. The van der Waals surface area contributed by atoms with Gasteiger partial charge in [-0.05, 0) is 43.5 Å². The van der Waals surface area contributed by atoms with Crippen LogP contribution < -0.4 is 5.32 Å². The van der Waals surface area contributed by atoms with Crippen LogP contribution in [0.2, 0.25) is 5.28 Å². The number of rotatable bonds is 5. The number of fused-ring (bicyclic) bond motifs is 1. The molecule has 0 aliphatic heterocycles. The highest BCUT2D eigenvalue weighted by atomic mass is 35.5. The molecule has 0 radical (unpaired) electrons. The smallest absolute Gasteiger partial charge is 0.224 e. The average molecular weight is 266 g/mol. The number of anilines is 1. The lowest BCUT2D eigenvalue weighted by molar-refractivity contribution is 0.282. The van der Waals surface area contributed by atoms with E-state index < -0.39 is 0 Å². The van der Waals surface area contributed by atoms with Crippen molar-refractivity contribution in [1.82, 2.24) is 9.97 Å². The van der Waals surface area contributed by atoms with Crippen LogP contribution in [0.3, 0.4) is 0 Å². The van der Waals surface area contributed by atoms with Crippen LogP contribution in [0.4, 0.5) is 5.82 Å². The van der Waals surface area contributed by atoms with Gasteiger partial charge in [-0.25, -0.2) is 9.97 Å². The maximum absolute atomic E-state index is 8.82. The molecule has 0 saturated heterocycles. The van der Waals surface area contributed by atoms with Gasteiger partial charge in [0.2, 0.25) is 5.28 Å². The Labute approximate surface area is 111 Å². The van der Waals surface area contributed by atoms with Crippen LogP contribution in [-0.4, -0.2) is 27.7 Å². The maximum Gasteiger partial charge on any atom is 0.224 e. The van der Waals surface area contributed by atoms with Crippen molar-refractivity contribution in [2.24, 2.45) is 0 Å². The van der Waals surface area contributed by atoms with E-state index in [1.165, 1.54) is 0 Å². The fourth-order valence-electron chi connectivity index (χ4n) is 1.86. The average Bonchev–Trinajstić information content (AvgIpc) is 2.36. The van der Waals surface area contributed by atoms with E-state index in [0.29, 0.717) is 0 Å². The number of aliphatic hydroxyl groups excluding tert-OH is 1. The van der Waals surface area contributed by atoms with Crippen LogP contribution in [0, 0.1) is 0 Å². The van der Waals surface area contributed by atoms with Crippen LogP contribution in [-0.2, 0) is 0 Å². The van der Waals surface area contributed by atoms with Gasteiger partial charge in [0, 0.05) is 18.0 Å². The molecule has 1 heterocycles. The highest BCUT2D eigenvalue weighted by molar-refractivity contribution is 6.28. The Morgan fingerprint density at radius 3 is 2.89 bits per heavy atom. The number of aromatic nitrogens is 2. The zero-order chi connectivity index (χ0) is 13.0. The minimum Gasteiger partial charge on any atom is -0.396 e. The van der Waals surface area contributed by atoms with E-state index in [-0.39, 0.29) is 17.9 Å². The van der Waals surface area contributed by atoms with Crippen molar-refractivity contribution in [1.29, 1.82) is 0 Å². The molecule has 1 atom stereocenters. The van der Waals surface area contributed by atoms with E-state index in [2.05, 4.69) is 22.2 Å². The van der Waals surface area contributed by atoms with Gasteiger partial charge < -0.3 is 10.4 Å². The molecule has 2 N–H and O–H groups in total. The highest BCUT2D eigenvalue weighted by Crippen LogP contribution is 2.22. The Hall–Kier alpha value is -1.39. The molecular weight excluding hydrogens is 250 g/mol. The molecule has 2 aromatic rings. The van der Waals surface area contributed by atoms with Gasteiger partial charge in [-0.2, -0.15) is 0 Å². The summed E-state index contributed by atoms with van der Waals surface area (Å²) in [7, 11) is 0. The Morgan fingerprint density at radius 1 is 1.33 bits per heavy atom. The van der Waals surface area contributed by atoms with E-state index >= 15 is 0 Å². The molecule has 0 bridgehead atoms. The van der Waals surface area contributed by atoms with Crippen molar-refractivity contribution in [3.63, 3.8) is 0 Å². The van der Waals surface area contributed by atoms with E-state index in [4.69, 9.17) is 16.7 Å². The van der Waals surface area contributed by atoms with Crippen molar-refractivity contribution in [3.05, 3.63) is 29.5 Å². The van der Waals surface area contributed by atoms with Crippen molar-refractivity contribution < 1.29 is 5.11 Å². The predicted molar refractivity (Wildman–Crippen MR) is 74.0 cm³/mol. The Kier molecular flexibility index (Phi) is 4.33. The third kappa shape index (κ3) is 3.09. The Bertz CT molecular complexity index is 533. The standard InChI is InChI=1S/C13H16ClN3O/c1-9(5-4-8-18)15-12-10-6-2-3-7-11(10)16-13(14)17-12/h2-3,6-7,9,18H,4-5,8H2,1H3,(H,15,16,17). The second-order valence-electron chi connectivity index (χ2n) is 4.27. The van der Waals surface area contributed by atoms with Crippen LogP contribution in [0.15, 0.2) is 24.3 Å². The lowest BCUT2D eigenvalue weighted by atomic mass is 10.1. The molecule has 0 saturated carbocycles. The van der Waals surface area contributed by atoms with Crippen LogP contribution in [0.25, 0.3) is 10.9 Å². The summed E-state index contributed by atoms with van der Waals surface area (Å²) < 4.78 is 0. The second kappa shape index (κ2) is 5.98. The van der Waals surface area contributed by atoms with Crippen molar-refractivity contribution in [2.45, 2.75) is 25.8 Å². The largest absolute Gasteiger partial charge is 0.396 e. The van der Waals surface area contributed by atoms with Crippen LogP contribution >= 0.6 is 11.6 Å². The molecule has 0 amide bonds. The van der Waals surface area contributed by atoms with Gasteiger partial charge >= 0.3 is 0 Å². The van der Waals surface area contributed by atoms with Gasteiger partial charge in [0.25, 0.3) is 0 Å². The summed E-state index contributed by atoms with van der Waals surface area (Å²) in [5.74, 6) is 0.746. The van der Waals surface area contributed by atoms with E-state index in [9.17, 15) is 0 Å². The van der Waals surface area contributed by atoms with Gasteiger partial charge in [-0.1, -0.05) is 12.1 Å². The van der Waals surface area contributed by atoms with Gasteiger partial charge in [-0.3, -0.25) is 0 Å². The topological polar surface area (TPSA) is 58.0 Å². The first kappa shape index (κ1) is 13.1. The number of benzene rings is 1. The zero-order valence-electron chi connectivity index (χ0n) is 10.2. The third-order valence-electron chi connectivity index (χ3n) is 2.75. The maximum atomic E-state index is 8.82. The minimum atomic E-state index is 0.206. The molecule has 18 heavy (non-hydrogen) atoms. The molecule has 5 heteroatoms. The predicted octanol–water partition coefficient (Wildman–Crippen LogP) is 2.86. The van der Waals surface area contributed by atoms with Gasteiger partial charge in [0.1, 0.15) is 5.82 Å². The number of halogens is 1. The minimum absolute atomic E-state index is 0.206. The summed E-state index contributed by atoms with van der Waals surface area (Å²) in [6, 6.07) is 7.97. The molecule has 96 valence electrons. The van der Waals surface area contributed by atoms with Gasteiger partial charge in [-0.15, -0.1) is 0 Å². The molecular formula is C13H16ClN3O. The molecule has 4 nitrogen and oxygen atoms in total. The number of aliphatic hydroxyl groups is 1. The highest BCUT2D eigenvalue weighted by Gasteiger charge is 2.08. The van der Waals surface area contributed by atoms with Crippen molar-refractivity contribution in [3.8, 4) is 0 Å². The summed E-state index contributed by atoms with van der Waals surface area (Å²) in [4.78, 5) is 8.41. The van der Waals surface area contributed by atoms with Crippen LogP contribution in [0.5, 0.6) is 0 Å². The van der Waals surface area contributed by atoms with E-state index in [0.717, 1.165) is 29.6 Å². The SMILES string of the molecule is CC(CCCO)Nc1nc(Cl)nc2ccccc12. The summed E-state index contributed by atoms with van der Waals surface area (Å²) in [5, 5.41) is 13.3. The van der Waals surface area contributed by atoms with Crippen LogP contribution in [0.1, 0.15) is 19.8 Å². The number of para-hydroxylation sites is 1. The monoisotopic (exact) mass is 265 g/mol. The molecule has 1 aromatic heterocycles. The number of nitrogens with one attached hydrogen (secondary N) is 1. The van der Waals surface area contributed by atoms with Gasteiger partial charge in [0.05, 0.1) is 5.52 Å². The first-order valence-electron chi connectivity index (χ1n) is 6.00. The lowest BCUT2D eigenvalue weighted by Gasteiger charge is -2.15. The first-order chi connectivity index (χ1) is 8.70. The Balaban J connectivity index is 2.26. The summed E-state index contributed by atoms with van der Waals surface area (Å²) in [5.41, 5.74) is 0.828. The molecule has 0 spiro atoms. The van der Waals surface area contributed by atoms with Gasteiger partial charge in [0.15, 0.2) is 0 Å². The molecule has 0 aliphatic rings. The normalized spacial score (nSPS) is 12.6. The summed E-state index contributed by atoms with van der Waals surface area (Å²) >= 11 is 5.91. The second-order valence-corrected chi connectivity index (χ2v) is 4.61. The van der Waals surface area contributed by atoms with E-state index in [1.54, 1.807) is 0 Å². The van der Waals surface area contributed by atoms with Crippen molar-refractivity contribution >= 4 is 28.3 Å². The Morgan fingerprint density at radius 2 is 2.11 bits per heavy atom. The number of hydrogen-bond donors (Lipinski definition) is 2. The summed E-state index contributed by atoms with van der Waals surface area (Å²) in [6.45, 7) is 2.26. The molecule has 0 fully saturated rings. The molecule has 1 aromatic carbocycles. The fourth-order valence-corrected chi connectivity index (χ4v) is 2.04. The quantitative estimate of drug-likeness (QED) is 0.816. The number of nitrogens with zero attached hydrogens (tertiary/aromatic N) is 2. The third-order valence-corrected chi connectivity index (χ3v) is 2.92. The van der Waals surface area contributed by atoms with Crippen molar-refractivity contribution in [2.75, 3.05) is 11.9 Å². The molecule has 1 unspecified atom stereocenters. The molecule has 0 aliphatic carbocycles. The van der Waals surface area contributed by atoms with E-state index in [1.807, 2.05) is 24.3 Å². The molecule has 2 rings (SSSR count). The zero-order valence-corrected chi connectivity index (χ0v) is 11.0. The number of hydrogen-bond acceptors (Lipinski definition) is 4. The summed E-state index contributed by atoms with van der Waals surface area (Å²) in [6.07, 6.45) is 1.65. The lowest BCUT2D eigenvalue weighted by Crippen LogP contribution is -2.17. The first-order valence-corrected chi connectivity index (χ1v) is 6.38.